The normalized spacial score (nSPS) is 16.4. The molecule has 0 unspecified atom stereocenters. The summed E-state index contributed by atoms with van der Waals surface area (Å²) in [6.45, 7) is 4.03. The van der Waals surface area contributed by atoms with Gasteiger partial charge < -0.3 is 10.8 Å². The first-order valence-electron chi connectivity index (χ1n) is 4.08. The van der Waals surface area contributed by atoms with E-state index in [9.17, 15) is 5.11 Å². The van der Waals surface area contributed by atoms with E-state index in [-0.39, 0.29) is 6.04 Å². The zero-order chi connectivity index (χ0) is 9.14. The van der Waals surface area contributed by atoms with Crippen LogP contribution in [0.3, 0.4) is 0 Å². The average Bonchev–Trinajstić information content (AvgIpc) is 2.53. The van der Waals surface area contributed by atoms with Gasteiger partial charge in [-0.15, -0.1) is 0 Å². The summed E-state index contributed by atoms with van der Waals surface area (Å²) < 4.78 is 0. The monoisotopic (exact) mass is 185 g/mol. The molecule has 0 aliphatic heterocycles. The number of aliphatic hydroxyl groups excluding tert-OH is 1. The maximum Gasteiger partial charge on any atom is 0.0951 e. The molecule has 0 aliphatic rings. The van der Waals surface area contributed by atoms with Crippen LogP contribution >= 0.6 is 11.3 Å². The summed E-state index contributed by atoms with van der Waals surface area (Å²) in [7, 11) is 0. The summed E-state index contributed by atoms with van der Waals surface area (Å²) in [4.78, 5) is 0. The van der Waals surface area contributed by atoms with Gasteiger partial charge in [-0.25, -0.2) is 0 Å². The van der Waals surface area contributed by atoms with E-state index in [0.29, 0.717) is 5.92 Å². The number of hydrogen-bond acceptors (Lipinski definition) is 3. The molecule has 1 aromatic heterocycles. The van der Waals surface area contributed by atoms with Gasteiger partial charge >= 0.3 is 0 Å². The van der Waals surface area contributed by atoms with Gasteiger partial charge in [0.05, 0.1) is 6.10 Å². The van der Waals surface area contributed by atoms with Crippen LogP contribution < -0.4 is 5.73 Å². The van der Waals surface area contributed by atoms with E-state index < -0.39 is 6.10 Å². The first-order valence-corrected chi connectivity index (χ1v) is 5.03. The molecule has 2 atom stereocenters. The number of aliphatic hydroxyl groups is 1. The maximum absolute atomic E-state index is 9.73. The molecule has 0 fully saturated rings. The van der Waals surface area contributed by atoms with Crippen LogP contribution in [-0.4, -0.2) is 11.1 Å². The fraction of sp³-hybridized carbons (Fsp3) is 0.556. The van der Waals surface area contributed by atoms with E-state index in [1.54, 1.807) is 11.3 Å². The molecule has 3 N–H and O–H groups in total. The van der Waals surface area contributed by atoms with Crippen LogP contribution in [0.1, 0.15) is 25.5 Å². The van der Waals surface area contributed by atoms with Crippen molar-refractivity contribution in [2.75, 3.05) is 0 Å². The lowest BCUT2D eigenvalue weighted by Crippen LogP contribution is -2.33. The Morgan fingerprint density at radius 3 is 2.58 bits per heavy atom. The van der Waals surface area contributed by atoms with Gasteiger partial charge in [-0.05, 0) is 28.3 Å². The zero-order valence-electron chi connectivity index (χ0n) is 7.40. The van der Waals surface area contributed by atoms with E-state index in [0.717, 1.165) is 5.56 Å². The molecule has 1 rings (SSSR count). The highest BCUT2D eigenvalue weighted by Crippen LogP contribution is 2.21. The van der Waals surface area contributed by atoms with Crippen molar-refractivity contribution in [3.63, 3.8) is 0 Å². The van der Waals surface area contributed by atoms with Crippen molar-refractivity contribution in [2.24, 2.45) is 11.7 Å². The van der Waals surface area contributed by atoms with E-state index in [4.69, 9.17) is 5.73 Å². The minimum absolute atomic E-state index is 0.167. The molecular formula is C9H15NOS. The predicted molar refractivity (Wildman–Crippen MR) is 52.1 cm³/mol. The molecule has 12 heavy (non-hydrogen) atoms. The van der Waals surface area contributed by atoms with Crippen LogP contribution in [0.25, 0.3) is 0 Å². The van der Waals surface area contributed by atoms with Crippen molar-refractivity contribution in [3.05, 3.63) is 22.4 Å². The summed E-state index contributed by atoms with van der Waals surface area (Å²) in [6, 6.07) is 1.75. The van der Waals surface area contributed by atoms with Gasteiger partial charge in [0.1, 0.15) is 0 Å². The lowest BCUT2D eigenvalue weighted by Gasteiger charge is -2.21. The van der Waals surface area contributed by atoms with E-state index >= 15 is 0 Å². The van der Waals surface area contributed by atoms with Crippen LogP contribution in [0.2, 0.25) is 0 Å². The Morgan fingerprint density at radius 2 is 2.17 bits per heavy atom. The molecule has 2 nitrogen and oxygen atoms in total. The summed E-state index contributed by atoms with van der Waals surface area (Å²) in [5.74, 6) is 0.305. The Labute approximate surface area is 77.0 Å². The SMILES string of the molecule is CC(C)[C@@H](N)[C@@H](O)c1ccsc1. The van der Waals surface area contributed by atoms with Crippen molar-refractivity contribution < 1.29 is 5.11 Å². The molecule has 0 saturated heterocycles. The van der Waals surface area contributed by atoms with Crippen molar-refractivity contribution in [1.29, 1.82) is 0 Å². The Balaban J connectivity index is 2.65. The van der Waals surface area contributed by atoms with Crippen molar-refractivity contribution >= 4 is 11.3 Å². The highest BCUT2D eigenvalue weighted by atomic mass is 32.1. The molecule has 0 aromatic carbocycles. The number of hydrogen-bond donors (Lipinski definition) is 2. The summed E-state index contributed by atoms with van der Waals surface area (Å²) >= 11 is 1.58. The minimum Gasteiger partial charge on any atom is -0.387 e. The third-order valence-electron chi connectivity index (χ3n) is 2.02. The molecule has 68 valence electrons. The topological polar surface area (TPSA) is 46.2 Å². The second kappa shape index (κ2) is 4.03. The second-order valence-electron chi connectivity index (χ2n) is 3.32. The third kappa shape index (κ3) is 2.06. The Kier molecular flexibility index (Phi) is 3.26. The summed E-state index contributed by atoms with van der Waals surface area (Å²) in [5, 5.41) is 13.6. The molecule has 1 aromatic rings. The lowest BCUT2D eigenvalue weighted by atomic mass is 9.96. The number of thiophene rings is 1. The fourth-order valence-corrected chi connectivity index (χ4v) is 1.72. The number of nitrogens with two attached hydrogens (primary N) is 1. The molecule has 3 heteroatoms. The standard InChI is InChI=1S/C9H15NOS/c1-6(2)8(10)9(11)7-3-4-12-5-7/h3-6,8-9,11H,10H2,1-2H3/t8-,9+/m1/s1. The summed E-state index contributed by atoms with van der Waals surface area (Å²) in [6.07, 6.45) is -0.517. The van der Waals surface area contributed by atoms with E-state index in [1.165, 1.54) is 0 Å². The highest BCUT2D eigenvalue weighted by Gasteiger charge is 2.19. The van der Waals surface area contributed by atoms with Crippen LogP contribution in [0, 0.1) is 5.92 Å². The first-order chi connectivity index (χ1) is 5.63. The van der Waals surface area contributed by atoms with E-state index in [1.807, 2.05) is 30.7 Å². The fourth-order valence-electron chi connectivity index (χ4n) is 1.03. The molecule has 1 heterocycles. The van der Waals surface area contributed by atoms with Crippen LogP contribution in [0.5, 0.6) is 0 Å². The first kappa shape index (κ1) is 9.71. The van der Waals surface area contributed by atoms with Gasteiger partial charge in [0.15, 0.2) is 0 Å². The Hall–Kier alpha value is -0.380. The average molecular weight is 185 g/mol. The van der Waals surface area contributed by atoms with Crippen molar-refractivity contribution in [2.45, 2.75) is 26.0 Å². The van der Waals surface area contributed by atoms with E-state index in [2.05, 4.69) is 0 Å². The van der Waals surface area contributed by atoms with Gasteiger partial charge in [0.2, 0.25) is 0 Å². The van der Waals surface area contributed by atoms with Gasteiger partial charge in [-0.2, -0.15) is 11.3 Å². The molecular weight excluding hydrogens is 170 g/mol. The quantitative estimate of drug-likeness (QED) is 0.753. The van der Waals surface area contributed by atoms with Gasteiger partial charge in [-0.3, -0.25) is 0 Å². The highest BCUT2D eigenvalue weighted by molar-refractivity contribution is 7.07. The van der Waals surface area contributed by atoms with Crippen LogP contribution in [-0.2, 0) is 0 Å². The lowest BCUT2D eigenvalue weighted by molar-refractivity contribution is 0.126. The molecule has 0 saturated carbocycles. The molecule has 0 amide bonds. The smallest absolute Gasteiger partial charge is 0.0951 e. The Morgan fingerprint density at radius 1 is 1.50 bits per heavy atom. The largest absolute Gasteiger partial charge is 0.387 e. The van der Waals surface area contributed by atoms with Crippen molar-refractivity contribution in [1.82, 2.24) is 0 Å². The van der Waals surface area contributed by atoms with Crippen LogP contribution in [0.15, 0.2) is 16.8 Å². The van der Waals surface area contributed by atoms with Gasteiger partial charge in [0, 0.05) is 6.04 Å². The molecule has 0 spiro atoms. The van der Waals surface area contributed by atoms with Crippen molar-refractivity contribution in [3.8, 4) is 0 Å². The second-order valence-corrected chi connectivity index (χ2v) is 4.10. The molecule has 0 bridgehead atoms. The predicted octanol–water partition coefficient (Wildman–Crippen LogP) is 1.76. The maximum atomic E-state index is 9.73. The Bertz CT molecular complexity index is 220. The minimum atomic E-state index is -0.517. The molecule has 0 radical (unpaired) electrons. The van der Waals surface area contributed by atoms with Gasteiger partial charge in [0.25, 0.3) is 0 Å². The summed E-state index contributed by atoms with van der Waals surface area (Å²) in [5.41, 5.74) is 6.74. The third-order valence-corrected chi connectivity index (χ3v) is 2.72. The van der Waals surface area contributed by atoms with Crippen LogP contribution in [0.4, 0.5) is 0 Å². The molecule has 0 aliphatic carbocycles. The zero-order valence-corrected chi connectivity index (χ0v) is 8.21. The number of rotatable bonds is 3. The van der Waals surface area contributed by atoms with Gasteiger partial charge in [-0.1, -0.05) is 13.8 Å².